The molecule has 1 amide bonds. The molecule has 2 aromatic carbocycles. The molecule has 0 radical (unpaired) electrons. The minimum atomic E-state index is -4.06. The molecule has 0 saturated heterocycles. The molecule has 2 aromatic rings. The fourth-order valence-electron chi connectivity index (χ4n) is 1.68. The average molecular weight is 306 g/mol. The van der Waals surface area contributed by atoms with Gasteiger partial charge in [0.2, 0.25) is 0 Å². The minimum Gasteiger partial charge on any atom is -0.371 e. The van der Waals surface area contributed by atoms with Gasteiger partial charge in [-0.3, -0.25) is 4.79 Å². The van der Waals surface area contributed by atoms with Crippen LogP contribution in [0.1, 0.15) is 15.9 Å². The molecule has 0 saturated carbocycles. The van der Waals surface area contributed by atoms with Crippen LogP contribution < -0.4 is 14.6 Å². The lowest BCUT2D eigenvalue weighted by molar-refractivity contribution is 0.0951. The van der Waals surface area contributed by atoms with Crippen molar-refractivity contribution in [2.75, 3.05) is 0 Å². The molecule has 0 aliphatic carbocycles. The van der Waals surface area contributed by atoms with Gasteiger partial charge in [0.05, 0.1) is 0 Å². The molecule has 0 heterocycles. The van der Waals surface area contributed by atoms with Crippen molar-refractivity contribution in [1.82, 2.24) is 5.32 Å². The number of nitrogens with one attached hydrogen (secondary N) is 1. The largest absolute Gasteiger partial charge is 0.380 e. The second kappa shape index (κ2) is 6.38. The Hall–Kier alpha value is -2.38. The van der Waals surface area contributed by atoms with E-state index in [1.165, 1.54) is 24.3 Å². The summed E-state index contributed by atoms with van der Waals surface area (Å²) in [4.78, 5) is 11.9. The van der Waals surface area contributed by atoms with Crippen LogP contribution in [-0.2, 0) is 16.8 Å². The van der Waals surface area contributed by atoms with Gasteiger partial charge in [0, 0.05) is 12.1 Å². The Bertz CT molecular complexity index is 712. The molecule has 21 heavy (non-hydrogen) atoms. The van der Waals surface area contributed by atoms with Crippen LogP contribution in [0.4, 0.5) is 0 Å². The summed E-state index contributed by atoms with van der Waals surface area (Å²) >= 11 is 0. The summed E-state index contributed by atoms with van der Waals surface area (Å²) in [6.07, 6.45) is 0. The second-order valence-corrected chi connectivity index (χ2v) is 5.42. The molecule has 0 atom stereocenters. The molecular weight excluding hydrogens is 292 g/mol. The van der Waals surface area contributed by atoms with Crippen LogP contribution >= 0.6 is 0 Å². The Morgan fingerprint density at radius 3 is 2.24 bits per heavy atom. The van der Waals surface area contributed by atoms with Gasteiger partial charge in [-0.05, 0) is 29.8 Å². The van der Waals surface area contributed by atoms with Crippen molar-refractivity contribution in [3.63, 3.8) is 0 Å². The standard InChI is InChI=1S/C14H14N2O4S/c15-21(18,19)20-13-8-6-12(7-9-13)14(17)16-10-11-4-2-1-3-5-11/h1-9H,10H2,(H,16,17)(H2,15,18,19). The van der Waals surface area contributed by atoms with Crippen LogP contribution in [0.15, 0.2) is 54.6 Å². The zero-order chi connectivity index (χ0) is 15.3. The van der Waals surface area contributed by atoms with E-state index < -0.39 is 10.3 Å². The van der Waals surface area contributed by atoms with E-state index in [9.17, 15) is 13.2 Å². The molecule has 0 bridgehead atoms. The first-order valence-electron chi connectivity index (χ1n) is 6.08. The topological polar surface area (TPSA) is 98.5 Å². The Morgan fingerprint density at radius 1 is 1.05 bits per heavy atom. The molecule has 0 spiro atoms. The zero-order valence-electron chi connectivity index (χ0n) is 11.0. The number of carbonyl (C=O) groups is 1. The first-order chi connectivity index (χ1) is 9.94. The number of carbonyl (C=O) groups excluding carboxylic acids is 1. The van der Waals surface area contributed by atoms with E-state index in [4.69, 9.17) is 5.14 Å². The molecule has 7 heteroatoms. The van der Waals surface area contributed by atoms with Gasteiger partial charge in [0.25, 0.3) is 5.91 Å². The fourth-order valence-corrected chi connectivity index (χ4v) is 2.06. The van der Waals surface area contributed by atoms with Gasteiger partial charge in [-0.2, -0.15) is 13.6 Å². The van der Waals surface area contributed by atoms with Gasteiger partial charge < -0.3 is 9.50 Å². The van der Waals surface area contributed by atoms with E-state index >= 15 is 0 Å². The first-order valence-corrected chi connectivity index (χ1v) is 7.55. The number of benzene rings is 2. The summed E-state index contributed by atoms with van der Waals surface area (Å²) in [5, 5.41) is 7.51. The third-order valence-electron chi connectivity index (χ3n) is 2.62. The van der Waals surface area contributed by atoms with Crippen molar-refractivity contribution < 1.29 is 17.4 Å². The maximum atomic E-state index is 11.9. The summed E-state index contributed by atoms with van der Waals surface area (Å²) in [5.74, 6) is -0.210. The van der Waals surface area contributed by atoms with E-state index in [0.29, 0.717) is 12.1 Å². The third kappa shape index (κ3) is 4.90. The molecule has 0 aromatic heterocycles. The molecule has 0 aliphatic rings. The molecule has 0 fully saturated rings. The van der Waals surface area contributed by atoms with Crippen LogP contribution in [0.5, 0.6) is 5.75 Å². The van der Waals surface area contributed by atoms with Crippen molar-refractivity contribution in [3.8, 4) is 5.75 Å². The predicted octanol–water partition coefficient (Wildman–Crippen LogP) is 1.20. The zero-order valence-corrected chi connectivity index (χ0v) is 11.8. The lowest BCUT2D eigenvalue weighted by Gasteiger charge is -2.06. The Morgan fingerprint density at radius 2 is 1.67 bits per heavy atom. The van der Waals surface area contributed by atoms with Crippen molar-refractivity contribution in [3.05, 3.63) is 65.7 Å². The molecule has 2 rings (SSSR count). The maximum absolute atomic E-state index is 11.9. The molecule has 110 valence electrons. The van der Waals surface area contributed by atoms with Crippen LogP contribution in [-0.4, -0.2) is 14.3 Å². The highest BCUT2D eigenvalue weighted by molar-refractivity contribution is 7.84. The van der Waals surface area contributed by atoms with E-state index in [1.807, 2.05) is 30.3 Å². The predicted molar refractivity (Wildman–Crippen MR) is 77.8 cm³/mol. The quantitative estimate of drug-likeness (QED) is 0.867. The third-order valence-corrected chi connectivity index (χ3v) is 3.05. The van der Waals surface area contributed by atoms with Crippen LogP contribution in [0.2, 0.25) is 0 Å². The van der Waals surface area contributed by atoms with Gasteiger partial charge in [-0.15, -0.1) is 0 Å². The molecule has 0 unspecified atom stereocenters. The van der Waals surface area contributed by atoms with Gasteiger partial charge in [-0.25, -0.2) is 0 Å². The summed E-state index contributed by atoms with van der Waals surface area (Å²) in [6.45, 7) is 0.412. The summed E-state index contributed by atoms with van der Waals surface area (Å²) in [7, 11) is -4.06. The van der Waals surface area contributed by atoms with E-state index in [0.717, 1.165) is 5.56 Å². The lowest BCUT2D eigenvalue weighted by Crippen LogP contribution is -2.22. The van der Waals surface area contributed by atoms with Crippen LogP contribution in [0, 0.1) is 0 Å². The fraction of sp³-hybridized carbons (Fsp3) is 0.0714. The van der Waals surface area contributed by atoms with Gasteiger partial charge in [0.15, 0.2) is 0 Å². The van der Waals surface area contributed by atoms with Crippen LogP contribution in [0.25, 0.3) is 0 Å². The maximum Gasteiger partial charge on any atom is 0.380 e. The van der Waals surface area contributed by atoms with Gasteiger partial charge in [-0.1, -0.05) is 30.3 Å². The number of hydrogen-bond acceptors (Lipinski definition) is 4. The van der Waals surface area contributed by atoms with Crippen molar-refractivity contribution in [2.45, 2.75) is 6.54 Å². The highest BCUT2D eigenvalue weighted by Gasteiger charge is 2.08. The second-order valence-electron chi connectivity index (χ2n) is 4.27. The monoisotopic (exact) mass is 306 g/mol. The average Bonchev–Trinajstić information content (AvgIpc) is 2.45. The van der Waals surface area contributed by atoms with Crippen molar-refractivity contribution in [2.24, 2.45) is 5.14 Å². The smallest absolute Gasteiger partial charge is 0.371 e. The SMILES string of the molecule is NS(=O)(=O)Oc1ccc(C(=O)NCc2ccccc2)cc1. The minimum absolute atomic E-state index is 0.0529. The van der Waals surface area contributed by atoms with E-state index in [1.54, 1.807) is 0 Å². The number of amides is 1. The highest BCUT2D eigenvalue weighted by atomic mass is 32.2. The van der Waals surface area contributed by atoms with Crippen molar-refractivity contribution in [1.29, 1.82) is 0 Å². The number of rotatable bonds is 5. The molecular formula is C14H14N2O4S. The number of nitrogens with two attached hydrogens (primary N) is 1. The van der Waals surface area contributed by atoms with Crippen molar-refractivity contribution >= 4 is 16.2 Å². The van der Waals surface area contributed by atoms with E-state index in [-0.39, 0.29) is 11.7 Å². The molecule has 6 nitrogen and oxygen atoms in total. The summed E-state index contributed by atoms with van der Waals surface area (Å²) in [6, 6.07) is 15.1. The molecule has 3 N–H and O–H groups in total. The lowest BCUT2D eigenvalue weighted by atomic mass is 10.2. The normalized spacial score (nSPS) is 10.9. The van der Waals surface area contributed by atoms with Gasteiger partial charge >= 0.3 is 10.3 Å². The molecule has 0 aliphatic heterocycles. The number of hydrogen-bond donors (Lipinski definition) is 2. The highest BCUT2D eigenvalue weighted by Crippen LogP contribution is 2.13. The summed E-state index contributed by atoms with van der Waals surface area (Å²) < 4.78 is 26.0. The van der Waals surface area contributed by atoms with E-state index in [2.05, 4.69) is 9.50 Å². The van der Waals surface area contributed by atoms with Gasteiger partial charge in [0.1, 0.15) is 5.75 Å². The van der Waals surface area contributed by atoms with Crippen LogP contribution in [0.3, 0.4) is 0 Å². The first kappa shape index (κ1) is 15.0. The Balaban J connectivity index is 1.97. The summed E-state index contributed by atoms with van der Waals surface area (Å²) in [5.41, 5.74) is 1.38. The Labute approximate surface area is 122 Å². The Kier molecular flexibility index (Phi) is 4.56.